The number of hydrogen-bond acceptors (Lipinski definition) is 2. The summed E-state index contributed by atoms with van der Waals surface area (Å²) in [5.41, 5.74) is 0. The third-order valence-electron chi connectivity index (χ3n) is 0. The zero-order chi connectivity index (χ0) is 2.71. The van der Waals surface area contributed by atoms with Crippen molar-refractivity contribution in [3.63, 3.8) is 0 Å². The molecule has 0 aromatic heterocycles. The van der Waals surface area contributed by atoms with Gasteiger partial charge in [0.25, 0.3) is 0 Å². The van der Waals surface area contributed by atoms with E-state index < -0.39 is 9.29 Å². The summed E-state index contributed by atoms with van der Waals surface area (Å²) >= 11 is 0. The second-order valence-corrected chi connectivity index (χ2v) is 0.250. The molecule has 0 aromatic carbocycles. The predicted octanol–water partition coefficient (Wildman–Crippen LogP) is -0.623. The molecule has 1 radical (unpaired) electrons. The van der Waals surface area contributed by atoms with Gasteiger partial charge in [-0.05, 0) is 0 Å². The van der Waals surface area contributed by atoms with Crippen molar-refractivity contribution in [2.75, 3.05) is 0 Å². The van der Waals surface area contributed by atoms with E-state index in [0.717, 1.165) is 0 Å². The average molecular weight is 182 g/mol. The van der Waals surface area contributed by atoms with Gasteiger partial charge in [-0.15, -0.1) is 0 Å². The van der Waals surface area contributed by atoms with Gasteiger partial charge in [-0.1, -0.05) is 0 Å². The van der Waals surface area contributed by atoms with Crippen molar-refractivity contribution in [3.8, 4) is 0 Å². The van der Waals surface area contributed by atoms with Gasteiger partial charge in [0.1, 0.15) is 0 Å². The van der Waals surface area contributed by atoms with Crippen molar-refractivity contribution in [2.45, 2.75) is 0 Å². The van der Waals surface area contributed by atoms with Crippen LogP contribution in [0.5, 0.6) is 0 Å². The van der Waals surface area contributed by atoms with E-state index in [1.165, 1.54) is 0 Å². The summed E-state index contributed by atoms with van der Waals surface area (Å²) in [6.45, 7) is 0. The number of rotatable bonds is 0. The molecule has 0 saturated carbocycles. The van der Waals surface area contributed by atoms with Gasteiger partial charge in [0, 0.05) is 33.6 Å². The molecular formula is CuNiO2Si. The first kappa shape index (κ1) is 17.0. The third-order valence-corrected chi connectivity index (χ3v) is 0. The molecule has 0 N–H and O–H groups in total. The third kappa shape index (κ3) is 56.2. The van der Waals surface area contributed by atoms with Crippen LogP contribution in [0.1, 0.15) is 0 Å². The molecule has 5 heteroatoms. The summed E-state index contributed by atoms with van der Waals surface area (Å²) in [6, 6.07) is 0. The van der Waals surface area contributed by atoms with Gasteiger partial charge < -0.3 is 0 Å². The molecule has 0 heterocycles. The monoisotopic (exact) mass is 181 g/mol. The van der Waals surface area contributed by atoms with Gasteiger partial charge >= 0.3 is 9.29 Å². The van der Waals surface area contributed by atoms with Gasteiger partial charge in [0.15, 0.2) is 0 Å². The van der Waals surface area contributed by atoms with E-state index >= 15 is 0 Å². The molecule has 0 aliphatic rings. The Labute approximate surface area is 52.0 Å². The van der Waals surface area contributed by atoms with Crippen LogP contribution >= 0.6 is 0 Å². The Kier molecular flexibility index (Phi) is 71.9. The van der Waals surface area contributed by atoms with Crippen LogP contribution in [-0.2, 0) is 42.5 Å². The fraction of sp³-hybridized carbons (Fsp3) is 0. The average Bonchev–Trinajstić information content (AvgIpc) is 0.918. The largest absolute Gasteiger partial charge is 0.549 e. The van der Waals surface area contributed by atoms with E-state index in [1.807, 2.05) is 0 Å². The van der Waals surface area contributed by atoms with Crippen LogP contribution in [0.3, 0.4) is 0 Å². The van der Waals surface area contributed by atoms with E-state index in [9.17, 15) is 0 Å². The molecule has 0 rings (SSSR count). The van der Waals surface area contributed by atoms with E-state index in [1.54, 1.807) is 0 Å². The molecule has 0 bridgehead atoms. The van der Waals surface area contributed by atoms with Crippen LogP contribution in [0.15, 0.2) is 0 Å². The number of hydrogen-bond donors (Lipinski definition) is 0. The first-order valence-corrected chi connectivity index (χ1v) is 1.22. The Balaban J connectivity index is -0.0000000200. The zero-order valence-electron chi connectivity index (χ0n) is 1.93. The minimum Gasteiger partial charge on any atom is -0.274 e. The maximum Gasteiger partial charge on any atom is 0.549 e. The van der Waals surface area contributed by atoms with Crippen molar-refractivity contribution in [1.29, 1.82) is 0 Å². The summed E-state index contributed by atoms with van der Waals surface area (Å²) in [5, 5.41) is 0. The van der Waals surface area contributed by atoms with Crippen LogP contribution in [0.25, 0.3) is 0 Å². The van der Waals surface area contributed by atoms with Crippen molar-refractivity contribution >= 4 is 9.29 Å². The molecule has 0 aliphatic heterocycles. The Hall–Kier alpha value is 0.830. The van der Waals surface area contributed by atoms with E-state index in [2.05, 4.69) is 0 Å². The molecule has 2 nitrogen and oxygen atoms in total. The van der Waals surface area contributed by atoms with E-state index in [0.29, 0.717) is 0 Å². The summed E-state index contributed by atoms with van der Waals surface area (Å²) in [4.78, 5) is 0. The molecule has 0 aliphatic carbocycles. The van der Waals surface area contributed by atoms with Crippen LogP contribution in [0, 0.1) is 0 Å². The van der Waals surface area contributed by atoms with Crippen molar-refractivity contribution in [1.82, 2.24) is 0 Å². The molecule has 37 valence electrons. The SMILES string of the molecule is O=[Si]=O.[Cu].[Ni]. The standard InChI is InChI=1S/Cu.Ni.O2Si/c;;1-3-2. The maximum absolute atomic E-state index is 8.40. The van der Waals surface area contributed by atoms with E-state index in [4.69, 9.17) is 8.92 Å². The van der Waals surface area contributed by atoms with Gasteiger partial charge in [-0.2, -0.15) is 0 Å². The molecule has 0 unspecified atom stereocenters. The van der Waals surface area contributed by atoms with Crippen LogP contribution < -0.4 is 0 Å². The van der Waals surface area contributed by atoms with Gasteiger partial charge in [-0.25, -0.2) is 0 Å². The van der Waals surface area contributed by atoms with Crippen molar-refractivity contribution in [2.24, 2.45) is 0 Å². The Bertz CT molecular complexity index is 30.6. The molecule has 0 fully saturated rings. The summed E-state index contributed by atoms with van der Waals surface area (Å²) in [5.74, 6) is 0. The minimum atomic E-state index is -1.42. The molecule has 0 saturated heterocycles. The van der Waals surface area contributed by atoms with E-state index in [-0.39, 0.29) is 33.6 Å². The minimum absolute atomic E-state index is 0. The predicted molar refractivity (Wildman–Crippen MR) is 7.13 cm³/mol. The summed E-state index contributed by atoms with van der Waals surface area (Å²) in [6.07, 6.45) is 0. The molecule has 0 amide bonds. The first-order chi connectivity index (χ1) is 1.41. The first-order valence-electron chi connectivity index (χ1n) is 0.408. The fourth-order valence-electron chi connectivity index (χ4n) is 0. The Morgan fingerprint density at radius 1 is 1.20 bits per heavy atom. The van der Waals surface area contributed by atoms with Gasteiger partial charge in [0.2, 0.25) is 0 Å². The quantitative estimate of drug-likeness (QED) is 0.468. The Morgan fingerprint density at radius 3 is 1.20 bits per heavy atom. The second kappa shape index (κ2) is 21.2. The van der Waals surface area contributed by atoms with Crippen molar-refractivity contribution < 1.29 is 42.5 Å². The molecule has 0 aromatic rings. The molecule has 0 spiro atoms. The molecular weight excluding hydrogens is 182 g/mol. The smallest absolute Gasteiger partial charge is 0.274 e. The topological polar surface area (TPSA) is 34.1 Å². The normalized spacial score (nSPS) is 1.60. The zero-order valence-corrected chi connectivity index (χ0v) is 4.86. The van der Waals surface area contributed by atoms with Crippen LogP contribution in [0.2, 0.25) is 0 Å². The van der Waals surface area contributed by atoms with Crippen LogP contribution in [0.4, 0.5) is 0 Å². The fourth-order valence-corrected chi connectivity index (χ4v) is 0. The molecule has 0 atom stereocenters. The van der Waals surface area contributed by atoms with Crippen LogP contribution in [-0.4, -0.2) is 9.29 Å². The van der Waals surface area contributed by atoms with Crippen molar-refractivity contribution in [3.05, 3.63) is 0 Å². The summed E-state index contributed by atoms with van der Waals surface area (Å²) in [7, 11) is -1.42. The maximum atomic E-state index is 8.40. The summed E-state index contributed by atoms with van der Waals surface area (Å²) < 4.78 is 16.8. The second-order valence-electron chi connectivity index (χ2n) is 0.0833. The van der Waals surface area contributed by atoms with Gasteiger partial charge in [-0.3, -0.25) is 8.92 Å². The Morgan fingerprint density at radius 2 is 1.20 bits per heavy atom. The van der Waals surface area contributed by atoms with Gasteiger partial charge in [0.05, 0.1) is 0 Å². The molecule has 5 heavy (non-hydrogen) atoms.